The van der Waals surface area contributed by atoms with Crippen LogP contribution in [0.5, 0.6) is 0 Å². The highest BCUT2D eigenvalue weighted by atomic mass is 32.2. The van der Waals surface area contributed by atoms with Crippen LogP contribution in [0.3, 0.4) is 0 Å². The summed E-state index contributed by atoms with van der Waals surface area (Å²) in [7, 11) is 0. The highest BCUT2D eigenvalue weighted by Gasteiger charge is 2.09. The van der Waals surface area contributed by atoms with Gasteiger partial charge in [0.15, 0.2) is 0 Å². The molecular weight excluding hydrogens is 336 g/mol. The first-order valence-corrected chi connectivity index (χ1v) is 8.18. The Balaban J connectivity index is 1.58. The lowest BCUT2D eigenvalue weighted by Crippen LogP contribution is -1.82. The number of thiophene rings is 1. The molecule has 7 nitrogen and oxygen atoms in total. The molecule has 0 amide bonds. The number of nitrogens with zero attached hydrogens (tertiary/aromatic N) is 3. The molecule has 0 spiro atoms. The molecule has 0 aliphatic heterocycles. The van der Waals surface area contributed by atoms with Crippen molar-refractivity contribution >= 4 is 47.2 Å². The topological polar surface area (TPSA) is 97.8 Å². The summed E-state index contributed by atoms with van der Waals surface area (Å²) in [5.74, 6) is 0.772. The fourth-order valence-electron chi connectivity index (χ4n) is 1.62. The van der Waals surface area contributed by atoms with Crippen molar-refractivity contribution in [3.05, 3.63) is 61.6 Å². The van der Waals surface area contributed by atoms with Crippen LogP contribution in [-0.2, 0) is 0 Å². The number of H-pyrrole nitrogens is 1. The van der Waals surface area contributed by atoms with Gasteiger partial charge in [0.1, 0.15) is 16.5 Å². The predicted molar refractivity (Wildman–Crippen MR) is 89.9 cm³/mol. The summed E-state index contributed by atoms with van der Waals surface area (Å²) in [6.45, 7) is 0. The minimum absolute atomic E-state index is 0.284. The third kappa shape index (κ3) is 4.18. The van der Waals surface area contributed by atoms with Crippen LogP contribution >= 0.6 is 23.1 Å². The van der Waals surface area contributed by atoms with E-state index in [9.17, 15) is 10.1 Å². The van der Waals surface area contributed by atoms with Gasteiger partial charge >= 0.3 is 5.88 Å². The van der Waals surface area contributed by atoms with Crippen LogP contribution in [-0.4, -0.2) is 20.1 Å². The molecule has 0 fully saturated rings. The zero-order chi connectivity index (χ0) is 16.1. The number of nitrogens with one attached hydrogen (secondary N) is 1. The number of rotatable bonds is 6. The van der Waals surface area contributed by atoms with Gasteiger partial charge in [-0.1, -0.05) is 17.8 Å². The van der Waals surface area contributed by atoms with Gasteiger partial charge in [0.05, 0.1) is 6.07 Å². The average Bonchev–Trinajstić information content (AvgIpc) is 3.27. The van der Waals surface area contributed by atoms with Gasteiger partial charge in [0, 0.05) is 4.88 Å². The van der Waals surface area contributed by atoms with E-state index in [1.165, 1.54) is 23.9 Å². The summed E-state index contributed by atoms with van der Waals surface area (Å²) in [4.78, 5) is 15.4. The average molecular weight is 346 g/mol. The third-order valence-electron chi connectivity index (χ3n) is 2.63. The maximum Gasteiger partial charge on any atom is 0.433 e. The lowest BCUT2D eigenvalue weighted by atomic mass is 10.4. The SMILES string of the molecule is O=[N+]([O-])c1ccc(C=CSc2n[nH]c(C=Cc3cccs3)n2)o1. The zero-order valence-corrected chi connectivity index (χ0v) is 13.2. The number of hydrogen-bond donors (Lipinski definition) is 1. The fraction of sp³-hybridized carbons (Fsp3) is 0. The first-order chi connectivity index (χ1) is 11.2. The number of nitro groups is 1. The van der Waals surface area contributed by atoms with Gasteiger partial charge < -0.3 is 4.42 Å². The Morgan fingerprint density at radius 2 is 2.22 bits per heavy atom. The maximum absolute atomic E-state index is 10.5. The van der Waals surface area contributed by atoms with Gasteiger partial charge in [0.2, 0.25) is 5.16 Å². The number of aromatic amines is 1. The second kappa shape index (κ2) is 7.07. The van der Waals surface area contributed by atoms with E-state index in [1.54, 1.807) is 22.8 Å². The Hall–Kier alpha value is -2.65. The van der Waals surface area contributed by atoms with Gasteiger partial charge in [-0.05, 0) is 41.1 Å². The summed E-state index contributed by atoms with van der Waals surface area (Å²) in [6, 6.07) is 6.83. The molecule has 0 aliphatic carbocycles. The zero-order valence-electron chi connectivity index (χ0n) is 11.6. The lowest BCUT2D eigenvalue weighted by molar-refractivity contribution is -0.402. The van der Waals surface area contributed by atoms with E-state index in [-0.39, 0.29) is 5.88 Å². The molecule has 3 rings (SSSR count). The van der Waals surface area contributed by atoms with Gasteiger partial charge in [0.25, 0.3) is 0 Å². The normalized spacial score (nSPS) is 11.7. The number of hydrogen-bond acceptors (Lipinski definition) is 7. The Labute approximate surface area is 138 Å². The van der Waals surface area contributed by atoms with Crippen molar-refractivity contribution in [3.8, 4) is 0 Å². The van der Waals surface area contributed by atoms with Crippen LogP contribution in [0.1, 0.15) is 16.5 Å². The highest BCUT2D eigenvalue weighted by molar-refractivity contribution is 8.02. The third-order valence-corrected chi connectivity index (χ3v) is 4.13. The molecular formula is C14H10N4O3S2. The molecule has 0 aliphatic rings. The molecule has 0 saturated heterocycles. The standard InChI is InChI=1S/C14H10N4O3S2/c19-18(20)13-6-3-10(21-13)7-9-23-14-15-12(16-17-14)5-4-11-2-1-8-22-11/h1-9H,(H,15,16,17). The van der Waals surface area contributed by atoms with E-state index >= 15 is 0 Å². The quantitative estimate of drug-likeness (QED) is 0.406. The first-order valence-electron chi connectivity index (χ1n) is 6.42. The molecule has 3 aromatic heterocycles. The summed E-state index contributed by atoms with van der Waals surface area (Å²) >= 11 is 2.92. The Kier molecular flexibility index (Phi) is 4.69. The van der Waals surface area contributed by atoms with Crippen LogP contribution in [0, 0.1) is 10.1 Å². The number of furan rings is 1. The summed E-state index contributed by atoms with van der Waals surface area (Å²) in [5, 5.41) is 21.7. The smallest absolute Gasteiger partial charge is 0.401 e. The van der Waals surface area contributed by atoms with E-state index in [4.69, 9.17) is 4.42 Å². The lowest BCUT2D eigenvalue weighted by Gasteiger charge is -1.85. The molecule has 0 saturated carbocycles. The van der Waals surface area contributed by atoms with E-state index < -0.39 is 4.92 Å². The van der Waals surface area contributed by atoms with Crippen LogP contribution in [0.4, 0.5) is 5.88 Å². The van der Waals surface area contributed by atoms with Crippen molar-refractivity contribution in [3.63, 3.8) is 0 Å². The first kappa shape index (κ1) is 15.3. The molecule has 1 N–H and O–H groups in total. The van der Waals surface area contributed by atoms with E-state index in [2.05, 4.69) is 15.2 Å². The minimum Gasteiger partial charge on any atom is -0.401 e. The summed E-state index contributed by atoms with van der Waals surface area (Å²) < 4.78 is 5.01. The van der Waals surface area contributed by atoms with Crippen molar-refractivity contribution in [2.45, 2.75) is 5.16 Å². The Morgan fingerprint density at radius 1 is 1.30 bits per heavy atom. The molecule has 3 heterocycles. The van der Waals surface area contributed by atoms with Gasteiger partial charge in [-0.25, -0.2) is 4.98 Å². The molecule has 23 heavy (non-hydrogen) atoms. The summed E-state index contributed by atoms with van der Waals surface area (Å²) in [6.07, 6.45) is 5.43. The second-order valence-electron chi connectivity index (χ2n) is 4.21. The van der Waals surface area contributed by atoms with Crippen LogP contribution in [0.2, 0.25) is 0 Å². The largest absolute Gasteiger partial charge is 0.433 e. The predicted octanol–water partition coefficient (Wildman–Crippen LogP) is 4.30. The molecule has 0 bridgehead atoms. The van der Waals surface area contributed by atoms with Crippen molar-refractivity contribution in [1.29, 1.82) is 0 Å². The Bertz CT molecular complexity index is 849. The fourth-order valence-corrected chi connectivity index (χ4v) is 2.82. The van der Waals surface area contributed by atoms with E-state index in [0.29, 0.717) is 16.7 Å². The van der Waals surface area contributed by atoms with Crippen molar-refractivity contribution in [1.82, 2.24) is 15.2 Å². The molecule has 9 heteroatoms. The minimum atomic E-state index is -0.577. The Morgan fingerprint density at radius 3 is 2.96 bits per heavy atom. The van der Waals surface area contributed by atoms with Crippen molar-refractivity contribution in [2.75, 3.05) is 0 Å². The van der Waals surface area contributed by atoms with Gasteiger partial charge in [-0.15, -0.1) is 16.4 Å². The van der Waals surface area contributed by atoms with Crippen LogP contribution in [0.15, 0.2) is 44.6 Å². The van der Waals surface area contributed by atoms with Gasteiger partial charge in [-0.2, -0.15) is 0 Å². The molecule has 116 valence electrons. The number of thioether (sulfide) groups is 1. The molecule has 0 aromatic carbocycles. The summed E-state index contributed by atoms with van der Waals surface area (Å²) in [5.41, 5.74) is 0. The molecule has 0 radical (unpaired) electrons. The van der Waals surface area contributed by atoms with Gasteiger partial charge in [-0.3, -0.25) is 15.2 Å². The molecule has 3 aromatic rings. The van der Waals surface area contributed by atoms with E-state index in [1.807, 2.05) is 29.7 Å². The highest BCUT2D eigenvalue weighted by Crippen LogP contribution is 2.20. The van der Waals surface area contributed by atoms with Crippen molar-refractivity contribution in [2.24, 2.45) is 0 Å². The number of aromatic nitrogens is 3. The van der Waals surface area contributed by atoms with Crippen molar-refractivity contribution < 1.29 is 9.34 Å². The van der Waals surface area contributed by atoms with E-state index in [0.717, 1.165) is 4.88 Å². The monoisotopic (exact) mass is 346 g/mol. The van der Waals surface area contributed by atoms with Crippen LogP contribution in [0.25, 0.3) is 18.2 Å². The van der Waals surface area contributed by atoms with Crippen LogP contribution < -0.4 is 0 Å². The second-order valence-corrected chi connectivity index (χ2v) is 6.06. The molecule has 0 atom stereocenters. The maximum atomic E-state index is 10.5. The molecule has 0 unspecified atom stereocenters.